The molecular formula is C16H20N2O3. The van der Waals surface area contributed by atoms with Crippen molar-refractivity contribution >= 4 is 17.5 Å². The molecule has 112 valence electrons. The molecule has 1 atom stereocenters. The van der Waals surface area contributed by atoms with Crippen LogP contribution in [0, 0.1) is 5.92 Å². The van der Waals surface area contributed by atoms with Crippen molar-refractivity contribution in [3.05, 3.63) is 24.3 Å². The minimum absolute atomic E-state index is 0.0135. The Balaban J connectivity index is 1.74. The first-order valence-corrected chi connectivity index (χ1v) is 7.37. The van der Waals surface area contributed by atoms with Gasteiger partial charge >= 0.3 is 0 Å². The van der Waals surface area contributed by atoms with Crippen LogP contribution in [0.1, 0.15) is 19.8 Å². The average molecular weight is 288 g/mol. The molecule has 0 radical (unpaired) electrons. The van der Waals surface area contributed by atoms with Gasteiger partial charge in [0.2, 0.25) is 11.8 Å². The number of anilines is 1. The second kappa shape index (κ2) is 5.39. The summed E-state index contributed by atoms with van der Waals surface area (Å²) < 4.78 is 5.13. The number of carbonyl (C=O) groups is 2. The quantitative estimate of drug-likeness (QED) is 0.850. The summed E-state index contributed by atoms with van der Waals surface area (Å²) in [6.07, 6.45) is 1.94. The lowest BCUT2D eigenvalue weighted by molar-refractivity contribution is -0.141. The standard InChI is InChI=1S/C16H20N2O3/c1-11-15(19)18(13-5-7-14(21-2)8-6-13)10-9-17(11)16(20)12-3-4-12/h5-8,11-12H,3-4,9-10H2,1-2H3/t11-/m1/s1. The molecule has 1 aliphatic carbocycles. The minimum atomic E-state index is -0.381. The highest BCUT2D eigenvalue weighted by molar-refractivity contribution is 6.00. The van der Waals surface area contributed by atoms with Gasteiger partial charge in [0.25, 0.3) is 0 Å². The molecule has 0 aromatic heterocycles. The van der Waals surface area contributed by atoms with Gasteiger partial charge in [-0.1, -0.05) is 0 Å². The number of rotatable bonds is 3. The van der Waals surface area contributed by atoms with Crippen LogP contribution >= 0.6 is 0 Å². The molecule has 0 N–H and O–H groups in total. The largest absolute Gasteiger partial charge is 0.497 e. The molecule has 1 aromatic carbocycles. The van der Waals surface area contributed by atoms with Crippen LogP contribution in [0.4, 0.5) is 5.69 Å². The maximum Gasteiger partial charge on any atom is 0.249 e. The lowest BCUT2D eigenvalue weighted by Gasteiger charge is -2.39. The highest BCUT2D eigenvalue weighted by Crippen LogP contribution is 2.33. The maximum atomic E-state index is 12.5. The number of methoxy groups -OCH3 is 1. The first-order valence-electron chi connectivity index (χ1n) is 7.37. The van der Waals surface area contributed by atoms with Gasteiger partial charge in [-0.15, -0.1) is 0 Å². The van der Waals surface area contributed by atoms with E-state index < -0.39 is 0 Å². The molecule has 1 saturated carbocycles. The number of hydrogen-bond acceptors (Lipinski definition) is 3. The summed E-state index contributed by atoms with van der Waals surface area (Å²) in [6.45, 7) is 2.97. The molecule has 1 heterocycles. The Bertz CT molecular complexity index is 551. The van der Waals surface area contributed by atoms with Crippen LogP contribution in [0.3, 0.4) is 0 Å². The van der Waals surface area contributed by atoms with Crippen LogP contribution < -0.4 is 9.64 Å². The third kappa shape index (κ3) is 2.60. The number of carbonyl (C=O) groups excluding carboxylic acids is 2. The smallest absolute Gasteiger partial charge is 0.249 e. The van der Waals surface area contributed by atoms with Gasteiger partial charge in [0.15, 0.2) is 0 Å². The van der Waals surface area contributed by atoms with Crippen molar-refractivity contribution in [3.8, 4) is 5.75 Å². The van der Waals surface area contributed by atoms with Gasteiger partial charge in [-0.3, -0.25) is 9.59 Å². The normalized spacial score (nSPS) is 22.4. The lowest BCUT2D eigenvalue weighted by atomic mass is 10.1. The van der Waals surface area contributed by atoms with E-state index in [1.807, 2.05) is 31.2 Å². The molecule has 1 aromatic rings. The molecule has 0 bridgehead atoms. The van der Waals surface area contributed by atoms with Crippen molar-refractivity contribution in [2.24, 2.45) is 5.92 Å². The maximum absolute atomic E-state index is 12.5. The van der Waals surface area contributed by atoms with E-state index in [4.69, 9.17) is 4.74 Å². The predicted octanol–water partition coefficient (Wildman–Crippen LogP) is 1.67. The van der Waals surface area contributed by atoms with Crippen molar-refractivity contribution in [1.29, 1.82) is 0 Å². The van der Waals surface area contributed by atoms with E-state index >= 15 is 0 Å². The predicted molar refractivity (Wildman–Crippen MR) is 79.2 cm³/mol. The van der Waals surface area contributed by atoms with Crippen molar-refractivity contribution in [2.45, 2.75) is 25.8 Å². The first kappa shape index (κ1) is 13.9. The molecule has 3 rings (SSSR count). The number of amides is 2. The third-order valence-electron chi connectivity index (χ3n) is 4.25. The summed E-state index contributed by atoms with van der Waals surface area (Å²) in [5.74, 6) is 1.06. The van der Waals surface area contributed by atoms with Crippen molar-refractivity contribution in [1.82, 2.24) is 4.90 Å². The number of benzene rings is 1. The third-order valence-corrected chi connectivity index (χ3v) is 4.25. The Hall–Kier alpha value is -2.04. The fourth-order valence-corrected chi connectivity index (χ4v) is 2.75. The summed E-state index contributed by atoms with van der Waals surface area (Å²) in [6, 6.07) is 7.06. The second-order valence-electron chi connectivity index (χ2n) is 5.67. The van der Waals surface area contributed by atoms with Crippen LogP contribution in [0.2, 0.25) is 0 Å². The van der Waals surface area contributed by atoms with Gasteiger partial charge in [-0.25, -0.2) is 0 Å². The fraction of sp³-hybridized carbons (Fsp3) is 0.500. The van der Waals surface area contributed by atoms with E-state index in [1.54, 1.807) is 16.9 Å². The molecule has 2 amide bonds. The number of nitrogens with zero attached hydrogens (tertiary/aromatic N) is 2. The van der Waals surface area contributed by atoms with Gasteiger partial charge in [0.05, 0.1) is 7.11 Å². The summed E-state index contributed by atoms with van der Waals surface area (Å²) in [5.41, 5.74) is 0.853. The Kier molecular flexibility index (Phi) is 3.57. The fourth-order valence-electron chi connectivity index (χ4n) is 2.75. The lowest BCUT2D eigenvalue weighted by Crippen LogP contribution is -2.58. The van der Waals surface area contributed by atoms with Gasteiger partial charge in [0, 0.05) is 24.7 Å². The first-order chi connectivity index (χ1) is 10.1. The topological polar surface area (TPSA) is 49.9 Å². The van der Waals surface area contributed by atoms with E-state index in [0.29, 0.717) is 13.1 Å². The van der Waals surface area contributed by atoms with E-state index in [2.05, 4.69) is 0 Å². The van der Waals surface area contributed by atoms with Gasteiger partial charge in [0.1, 0.15) is 11.8 Å². The molecule has 5 nitrogen and oxygen atoms in total. The van der Waals surface area contributed by atoms with E-state index in [9.17, 15) is 9.59 Å². The van der Waals surface area contributed by atoms with E-state index in [1.165, 1.54) is 0 Å². The zero-order chi connectivity index (χ0) is 15.0. The Morgan fingerprint density at radius 1 is 1.19 bits per heavy atom. The molecule has 2 fully saturated rings. The van der Waals surface area contributed by atoms with Gasteiger partial charge < -0.3 is 14.5 Å². The number of hydrogen-bond donors (Lipinski definition) is 0. The zero-order valence-electron chi connectivity index (χ0n) is 12.4. The van der Waals surface area contributed by atoms with Gasteiger partial charge in [-0.05, 0) is 44.0 Å². The number of ether oxygens (including phenoxy) is 1. The van der Waals surface area contributed by atoms with Crippen LogP contribution in [-0.2, 0) is 9.59 Å². The monoisotopic (exact) mass is 288 g/mol. The van der Waals surface area contributed by atoms with Crippen molar-refractivity contribution in [2.75, 3.05) is 25.1 Å². The summed E-state index contributed by atoms with van der Waals surface area (Å²) in [4.78, 5) is 28.2. The van der Waals surface area contributed by atoms with Crippen LogP contribution in [-0.4, -0.2) is 43.0 Å². The SMILES string of the molecule is COc1ccc(N2CCN(C(=O)C3CC3)[C@H](C)C2=O)cc1. The van der Waals surface area contributed by atoms with Gasteiger partial charge in [-0.2, -0.15) is 0 Å². The molecule has 1 aliphatic heterocycles. The minimum Gasteiger partial charge on any atom is -0.497 e. The Morgan fingerprint density at radius 3 is 2.43 bits per heavy atom. The summed E-state index contributed by atoms with van der Waals surface area (Å²) >= 11 is 0. The zero-order valence-corrected chi connectivity index (χ0v) is 12.4. The average Bonchev–Trinajstić information content (AvgIpc) is 3.34. The highest BCUT2D eigenvalue weighted by Gasteiger charge is 2.40. The van der Waals surface area contributed by atoms with Crippen LogP contribution in [0.5, 0.6) is 5.75 Å². The molecular weight excluding hydrogens is 268 g/mol. The molecule has 0 unspecified atom stereocenters. The second-order valence-corrected chi connectivity index (χ2v) is 5.67. The van der Waals surface area contributed by atoms with Crippen molar-refractivity contribution in [3.63, 3.8) is 0 Å². The van der Waals surface area contributed by atoms with E-state index in [-0.39, 0.29) is 23.8 Å². The Labute approximate surface area is 124 Å². The summed E-state index contributed by atoms with van der Waals surface area (Å²) in [7, 11) is 1.62. The number of piperazine rings is 1. The van der Waals surface area contributed by atoms with Crippen LogP contribution in [0.25, 0.3) is 0 Å². The molecule has 2 aliphatic rings. The summed E-state index contributed by atoms with van der Waals surface area (Å²) in [5, 5.41) is 0. The van der Waals surface area contributed by atoms with E-state index in [0.717, 1.165) is 24.3 Å². The van der Waals surface area contributed by atoms with Crippen LogP contribution in [0.15, 0.2) is 24.3 Å². The van der Waals surface area contributed by atoms with Crippen molar-refractivity contribution < 1.29 is 14.3 Å². The highest BCUT2D eigenvalue weighted by atomic mass is 16.5. The molecule has 1 saturated heterocycles. The molecule has 21 heavy (non-hydrogen) atoms. The molecule has 0 spiro atoms. The molecule has 5 heteroatoms. The Morgan fingerprint density at radius 2 is 1.86 bits per heavy atom.